The summed E-state index contributed by atoms with van der Waals surface area (Å²) in [5.74, 6) is -0.137. The van der Waals surface area contributed by atoms with Crippen molar-refractivity contribution in [2.75, 3.05) is 12.4 Å². The Bertz CT molecular complexity index is 398. The monoisotopic (exact) mass is 397 g/mol. The predicted molar refractivity (Wildman–Crippen MR) is 76.2 cm³/mol. The Kier molecular flexibility index (Phi) is 5.04. The van der Waals surface area contributed by atoms with Crippen LogP contribution in [-0.2, 0) is 0 Å². The number of amides is 1. The van der Waals surface area contributed by atoms with Gasteiger partial charge in [0, 0.05) is 22.0 Å². The molecule has 5 heteroatoms. The first-order valence-electron chi connectivity index (χ1n) is 4.79. The Morgan fingerprint density at radius 3 is 2.81 bits per heavy atom. The van der Waals surface area contributed by atoms with Crippen molar-refractivity contribution >= 4 is 44.4 Å². The third-order valence-electron chi connectivity index (χ3n) is 2.39. The Labute approximate surface area is 117 Å². The highest BCUT2D eigenvalue weighted by atomic mass is 127. The van der Waals surface area contributed by atoms with Crippen LogP contribution in [-0.4, -0.2) is 34.3 Å². The van der Waals surface area contributed by atoms with Gasteiger partial charge < -0.3 is 10.0 Å². The van der Waals surface area contributed by atoms with Crippen molar-refractivity contribution < 1.29 is 9.90 Å². The summed E-state index contributed by atoms with van der Waals surface area (Å²) < 4.78 is 0.929. The van der Waals surface area contributed by atoms with Gasteiger partial charge in [0.15, 0.2) is 0 Å². The molecular formula is C11H13BrINO2. The molecule has 88 valence electrons. The highest BCUT2D eigenvalue weighted by Gasteiger charge is 2.19. The minimum Gasteiger partial charge on any atom is -0.507 e. The highest BCUT2D eigenvalue weighted by molar-refractivity contribution is 14.1. The molecule has 1 atom stereocenters. The Hall–Kier alpha value is -0.300. The molecule has 0 aliphatic rings. The summed E-state index contributed by atoms with van der Waals surface area (Å²) >= 11 is 5.45. The van der Waals surface area contributed by atoms with Crippen LogP contribution in [0.25, 0.3) is 0 Å². The lowest BCUT2D eigenvalue weighted by molar-refractivity contribution is 0.0755. The van der Waals surface area contributed by atoms with E-state index in [1.165, 1.54) is 0 Å². The van der Waals surface area contributed by atoms with Crippen LogP contribution < -0.4 is 0 Å². The molecule has 0 saturated heterocycles. The van der Waals surface area contributed by atoms with Gasteiger partial charge in [-0.3, -0.25) is 4.79 Å². The Morgan fingerprint density at radius 1 is 1.62 bits per heavy atom. The molecule has 1 aromatic rings. The van der Waals surface area contributed by atoms with E-state index in [0.29, 0.717) is 10.9 Å². The number of hydrogen-bond donors (Lipinski definition) is 1. The highest BCUT2D eigenvalue weighted by Crippen LogP contribution is 2.21. The quantitative estimate of drug-likeness (QED) is 0.629. The summed E-state index contributed by atoms with van der Waals surface area (Å²) in [6.45, 7) is 1.94. The van der Waals surface area contributed by atoms with Gasteiger partial charge in [-0.1, -0.05) is 15.9 Å². The first-order valence-corrected chi connectivity index (χ1v) is 6.99. The summed E-state index contributed by atoms with van der Waals surface area (Å²) in [6, 6.07) is 5.09. The fourth-order valence-corrected chi connectivity index (χ4v) is 2.10. The molecule has 1 N–H and O–H groups in total. The number of phenolic OH excluding ortho intramolecular Hbond substituents is 1. The van der Waals surface area contributed by atoms with Crippen LogP contribution in [0.5, 0.6) is 5.75 Å². The molecule has 0 aliphatic carbocycles. The molecule has 3 nitrogen and oxygen atoms in total. The molecule has 0 radical (unpaired) electrons. The van der Waals surface area contributed by atoms with E-state index in [0.717, 1.165) is 3.57 Å². The standard InChI is InChI=1S/C11H13BrINO2/c1-7(6-12)14(2)11(16)9-5-8(13)3-4-10(9)15/h3-5,7,15H,6H2,1-2H3. The summed E-state index contributed by atoms with van der Waals surface area (Å²) in [4.78, 5) is 13.7. The van der Waals surface area contributed by atoms with E-state index in [4.69, 9.17) is 0 Å². The first-order chi connectivity index (χ1) is 7.47. The summed E-state index contributed by atoms with van der Waals surface area (Å²) in [5.41, 5.74) is 0.349. The second-order valence-electron chi connectivity index (χ2n) is 3.58. The average Bonchev–Trinajstić information content (AvgIpc) is 2.29. The van der Waals surface area contributed by atoms with Crippen molar-refractivity contribution in [3.05, 3.63) is 27.3 Å². The third-order valence-corrected chi connectivity index (χ3v) is 4.00. The lowest BCUT2D eigenvalue weighted by atomic mass is 10.1. The number of carbonyl (C=O) groups excluding carboxylic acids is 1. The molecule has 0 fully saturated rings. The molecule has 0 saturated carbocycles. The largest absolute Gasteiger partial charge is 0.507 e. The maximum atomic E-state index is 12.1. The normalized spacial score (nSPS) is 12.2. The van der Waals surface area contributed by atoms with Gasteiger partial charge in [0.25, 0.3) is 5.91 Å². The maximum absolute atomic E-state index is 12.1. The van der Waals surface area contributed by atoms with Crippen LogP contribution in [0, 0.1) is 3.57 Å². The van der Waals surface area contributed by atoms with Crippen molar-refractivity contribution in [1.29, 1.82) is 0 Å². The zero-order chi connectivity index (χ0) is 12.3. The van der Waals surface area contributed by atoms with Crippen molar-refractivity contribution in [2.45, 2.75) is 13.0 Å². The van der Waals surface area contributed by atoms with E-state index in [1.54, 1.807) is 30.1 Å². The smallest absolute Gasteiger partial charge is 0.257 e. The lowest BCUT2D eigenvalue weighted by Crippen LogP contribution is -2.36. The topological polar surface area (TPSA) is 40.5 Å². The Morgan fingerprint density at radius 2 is 2.25 bits per heavy atom. The number of phenols is 1. The second-order valence-corrected chi connectivity index (χ2v) is 5.47. The lowest BCUT2D eigenvalue weighted by Gasteiger charge is -2.23. The van der Waals surface area contributed by atoms with Crippen LogP contribution in [0.1, 0.15) is 17.3 Å². The predicted octanol–water partition coefficient (Wildman–Crippen LogP) is 2.85. The van der Waals surface area contributed by atoms with Crippen LogP contribution in [0.3, 0.4) is 0 Å². The van der Waals surface area contributed by atoms with Crippen molar-refractivity contribution in [3.8, 4) is 5.75 Å². The van der Waals surface area contributed by atoms with Gasteiger partial charge >= 0.3 is 0 Å². The molecule has 1 amide bonds. The summed E-state index contributed by atoms with van der Waals surface area (Å²) in [6.07, 6.45) is 0. The molecule has 0 aromatic heterocycles. The van der Waals surface area contributed by atoms with Gasteiger partial charge in [-0.2, -0.15) is 0 Å². The van der Waals surface area contributed by atoms with Gasteiger partial charge in [-0.15, -0.1) is 0 Å². The number of alkyl halides is 1. The molecule has 1 unspecified atom stereocenters. The maximum Gasteiger partial charge on any atom is 0.257 e. The zero-order valence-corrected chi connectivity index (χ0v) is 12.8. The van der Waals surface area contributed by atoms with E-state index >= 15 is 0 Å². The van der Waals surface area contributed by atoms with E-state index in [2.05, 4.69) is 38.5 Å². The number of benzene rings is 1. The third kappa shape index (κ3) is 3.10. The molecule has 0 bridgehead atoms. The number of nitrogens with zero attached hydrogens (tertiary/aromatic N) is 1. The molecule has 0 heterocycles. The molecule has 16 heavy (non-hydrogen) atoms. The molecule has 0 spiro atoms. The van der Waals surface area contributed by atoms with Crippen molar-refractivity contribution in [3.63, 3.8) is 0 Å². The average molecular weight is 398 g/mol. The molecule has 1 aromatic carbocycles. The Balaban J connectivity index is 3.00. The first kappa shape index (κ1) is 13.8. The van der Waals surface area contributed by atoms with Crippen molar-refractivity contribution in [2.24, 2.45) is 0 Å². The van der Waals surface area contributed by atoms with Crippen LogP contribution in [0.4, 0.5) is 0 Å². The van der Waals surface area contributed by atoms with E-state index in [-0.39, 0.29) is 17.7 Å². The van der Waals surface area contributed by atoms with Gasteiger partial charge in [0.1, 0.15) is 5.75 Å². The minimum absolute atomic E-state index is 0.0269. The number of carbonyl (C=O) groups is 1. The van der Waals surface area contributed by atoms with Gasteiger partial charge in [0.05, 0.1) is 5.56 Å². The van der Waals surface area contributed by atoms with Crippen LogP contribution >= 0.6 is 38.5 Å². The zero-order valence-electron chi connectivity index (χ0n) is 9.08. The van der Waals surface area contributed by atoms with E-state index < -0.39 is 0 Å². The van der Waals surface area contributed by atoms with E-state index in [1.807, 2.05) is 6.92 Å². The number of halogens is 2. The molecular weight excluding hydrogens is 385 g/mol. The SMILES string of the molecule is CC(CBr)N(C)C(=O)c1cc(I)ccc1O. The fraction of sp³-hybridized carbons (Fsp3) is 0.364. The number of aromatic hydroxyl groups is 1. The second kappa shape index (κ2) is 5.86. The van der Waals surface area contributed by atoms with E-state index in [9.17, 15) is 9.90 Å². The number of rotatable bonds is 3. The fourth-order valence-electron chi connectivity index (χ4n) is 1.17. The van der Waals surface area contributed by atoms with Gasteiger partial charge in [-0.25, -0.2) is 0 Å². The van der Waals surface area contributed by atoms with Crippen LogP contribution in [0.15, 0.2) is 18.2 Å². The molecule has 1 rings (SSSR count). The minimum atomic E-state index is -0.164. The summed E-state index contributed by atoms with van der Waals surface area (Å²) in [7, 11) is 1.73. The van der Waals surface area contributed by atoms with Crippen LogP contribution in [0.2, 0.25) is 0 Å². The van der Waals surface area contributed by atoms with Gasteiger partial charge in [0.2, 0.25) is 0 Å². The molecule has 0 aliphatic heterocycles. The van der Waals surface area contributed by atoms with Crippen molar-refractivity contribution in [1.82, 2.24) is 4.90 Å². The van der Waals surface area contributed by atoms with Gasteiger partial charge in [-0.05, 0) is 47.7 Å². The number of hydrogen-bond acceptors (Lipinski definition) is 2. The summed E-state index contributed by atoms with van der Waals surface area (Å²) in [5, 5.41) is 10.4.